The van der Waals surface area contributed by atoms with E-state index in [-0.39, 0.29) is 22.3 Å². The smallest absolute Gasteiger partial charge is 0.302 e. The third kappa shape index (κ3) is 2.59. The number of nitrogens with zero attached hydrogens (tertiary/aromatic N) is 1. The summed E-state index contributed by atoms with van der Waals surface area (Å²) in [7, 11) is 0. The van der Waals surface area contributed by atoms with Gasteiger partial charge in [0.05, 0.1) is 11.6 Å². The molecule has 1 aliphatic heterocycles. The van der Waals surface area contributed by atoms with Crippen LogP contribution in [0.2, 0.25) is 10.2 Å². The fraction of sp³-hybridized carbons (Fsp3) is 0.545. The fourth-order valence-corrected chi connectivity index (χ4v) is 1.92. The molecule has 0 radical (unpaired) electrons. The van der Waals surface area contributed by atoms with Crippen molar-refractivity contribution >= 4 is 23.2 Å². The van der Waals surface area contributed by atoms with E-state index < -0.39 is 17.8 Å². The molecular weight excluding hydrogens is 287 g/mol. The molecule has 0 unspecified atom stereocenters. The van der Waals surface area contributed by atoms with E-state index in [1.165, 1.54) is 0 Å². The average Bonchev–Trinajstić information content (AvgIpc) is 2.63. The minimum Gasteiger partial charge on any atom is -0.348 e. The van der Waals surface area contributed by atoms with E-state index in [1.807, 2.05) is 0 Å². The minimum absolute atomic E-state index is 0.0138. The zero-order chi connectivity index (χ0) is 13.6. The van der Waals surface area contributed by atoms with Crippen molar-refractivity contribution in [2.45, 2.75) is 31.7 Å². The van der Waals surface area contributed by atoms with Gasteiger partial charge in [-0.25, -0.2) is 4.98 Å². The van der Waals surface area contributed by atoms with E-state index >= 15 is 0 Å². The SMILES string of the molecule is CC1(C)OC[C@@H](C(F)(F)c2cnc(Cl)c(Cl)c2)O1. The highest BCUT2D eigenvalue weighted by Gasteiger charge is 2.50. The zero-order valence-electron chi connectivity index (χ0n) is 9.71. The van der Waals surface area contributed by atoms with Crippen molar-refractivity contribution in [1.82, 2.24) is 4.98 Å². The molecule has 0 N–H and O–H groups in total. The summed E-state index contributed by atoms with van der Waals surface area (Å²) in [6.07, 6.45) is -0.380. The number of hydrogen-bond acceptors (Lipinski definition) is 3. The van der Waals surface area contributed by atoms with Crippen LogP contribution in [0.3, 0.4) is 0 Å². The molecule has 1 fully saturated rings. The summed E-state index contributed by atoms with van der Waals surface area (Å²) in [6.45, 7) is 2.96. The lowest BCUT2D eigenvalue weighted by atomic mass is 10.1. The van der Waals surface area contributed by atoms with Crippen molar-refractivity contribution < 1.29 is 18.3 Å². The van der Waals surface area contributed by atoms with Gasteiger partial charge in [0.1, 0.15) is 5.15 Å². The molecule has 7 heteroatoms. The summed E-state index contributed by atoms with van der Waals surface area (Å²) in [5, 5.41) is -0.0350. The molecule has 0 saturated carbocycles. The molecule has 0 aliphatic carbocycles. The molecule has 18 heavy (non-hydrogen) atoms. The van der Waals surface area contributed by atoms with Crippen molar-refractivity contribution in [3.8, 4) is 0 Å². The first kappa shape index (κ1) is 13.9. The molecule has 3 nitrogen and oxygen atoms in total. The van der Waals surface area contributed by atoms with Gasteiger partial charge in [0.15, 0.2) is 11.9 Å². The highest BCUT2D eigenvalue weighted by molar-refractivity contribution is 6.41. The largest absolute Gasteiger partial charge is 0.348 e. The predicted molar refractivity (Wildman–Crippen MR) is 63.1 cm³/mol. The van der Waals surface area contributed by atoms with Crippen molar-refractivity contribution in [2.75, 3.05) is 6.61 Å². The van der Waals surface area contributed by atoms with Gasteiger partial charge >= 0.3 is 5.92 Å². The second kappa shape index (κ2) is 4.56. The van der Waals surface area contributed by atoms with Gasteiger partial charge in [0.25, 0.3) is 0 Å². The Hall–Kier alpha value is -0.490. The quantitative estimate of drug-likeness (QED) is 0.781. The Morgan fingerprint density at radius 3 is 2.61 bits per heavy atom. The van der Waals surface area contributed by atoms with E-state index in [2.05, 4.69) is 4.98 Å². The Balaban J connectivity index is 2.28. The number of ether oxygens (including phenoxy) is 2. The highest BCUT2D eigenvalue weighted by Crippen LogP contribution is 2.40. The van der Waals surface area contributed by atoms with Crippen LogP contribution in [0.25, 0.3) is 0 Å². The van der Waals surface area contributed by atoms with Crippen LogP contribution in [0.15, 0.2) is 12.3 Å². The van der Waals surface area contributed by atoms with Gasteiger partial charge in [-0.15, -0.1) is 0 Å². The maximum Gasteiger partial charge on any atom is 0.302 e. The minimum atomic E-state index is -3.24. The third-order valence-electron chi connectivity index (χ3n) is 2.59. The van der Waals surface area contributed by atoms with Crippen LogP contribution < -0.4 is 0 Å². The van der Waals surface area contributed by atoms with Crippen LogP contribution in [0, 0.1) is 0 Å². The lowest BCUT2D eigenvalue weighted by Gasteiger charge is -2.24. The summed E-state index contributed by atoms with van der Waals surface area (Å²) in [5.41, 5.74) is -0.344. The first-order valence-corrected chi connectivity index (χ1v) is 5.99. The average molecular weight is 298 g/mol. The molecule has 1 aromatic rings. The summed E-state index contributed by atoms with van der Waals surface area (Å²) >= 11 is 11.3. The summed E-state index contributed by atoms with van der Waals surface area (Å²) in [5.74, 6) is -4.26. The Morgan fingerprint density at radius 1 is 1.44 bits per heavy atom. The van der Waals surface area contributed by atoms with E-state index in [0.29, 0.717) is 0 Å². The van der Waals surface area contributed by atoms with Gasteiger partial charge in [-0.05, 0) is 19.9 Å². The molecule has 1 saturated heterocycles. The van der Waals surface area contributed by atoms with Crippen molar-refractivity contribution in [3.63, 3.8) is 0 Å². The van der Waals surface area contributed by atoms with Gasteiger partial charge in [-0.2, -0.15) is 8.78 Å². The van der Waals surface area contributed by atoms with Gasteiger partial charge in [0, 0.05) is 11.8 Å². The number of rotatable bonds is 2. The topological polar surface area (TPSA) is 31.4 Å². The highest BCUT2D eigenvalue weighted by atomic mass is 35.5. The number of halogens is 4. The third-order valence-corrected chi connectivity index (χ3v) is 3.28. The first-order chi connectivity index (χ1) is 8.22. The molecule has 1 aliphatic rings. The zero-order valence-corrected chi connectivity index (χ0v) is 11.2. The Kier molecular flexibility index (Phi) is 3.53. The second-order valence-corrected chi connectivity index (χ2v) is 5.20. The maximum atomic E-state index is 14.2. The van der Waals surface area contributed by atoms with Crippen molar-refractivity contribution in [2.24, 2.45) is 0 Å². The predicted octanol–water partition coefficient (Wildman–Crippen LogP) is 3.63. The maximum absolute atomic E-state index is 14.2. The lowest BCUT2D eigenvalue weighted by Crippen LogP contribution is -2.34. The standard InChI is InChI=1S/C11H11Cl2F2NO2/c1-10(2)17-5-8(18-10)11(14,15)6-3-7(12)9(13)16-4-6/h3-4,8H,5H2,1-2H3/t8-/m0/s1. The molecular formula is C11H11Cl2F2NO2. The van der Waals surface area contributed by atoms with Crippen LogP contribution in [0.5, 0.6) is 0 Å². The summed E-state index contributed by atoms with van der Waals surface area (Å²) in [6, 6.07) is 1.09. The molecule has 0 bridgehead atoms. The number of aromatic nitrogens is 1. The van der Waals surface area contributed by atoms with E-state index in [0.717, 1.165) is 12.3 Å². The Morgan fingerprint density at radius 2 is 2.11 bits per heavy atom. The fourth-order valence-electron chi connectivity index (χ4n) is 1.66. The van der Waals surface area contributed by atoms with Crippen molar-refractivity contribution in [1.29, 1.82) is 0 Å². The molecule has 0 spiro atoms. The molecule has 2 heterocycles. The number of alkyl halides is 2. The van der Waals surface area contributed by atoms with E-state index in [4.69, 9.17) is 32.7 Å². The molecule has 2 rings (SSSR count). The summed E-state index contributed by atoms with van der Waals surface area (Å²) in [4.78, 5) is 3.61. The van der Waals surface area contributed by atoms with Gasteiger partial charge in [-0.3, -0.25) is 0 Å². The van der Waals surface area contributed by atoms with Crippen LogP contribution in [-0.4, -0.2) is 23.5 Å². The van der Waals surface area contributed by atoms with Gasteiger partial charge in [-0.1, -0.05) is 23.2 Å². The monoisotopic (exact) mass is 297 g/mol. The number of pyridine rings is 1. The summed E-state index contributed by atoms with van der Waals surface area (Å²) < 4.78 is 38.6. The van der Waals surface area contributed by atoms with Crippen LogP contribution in [-0.2, 0) is 15.4 Å². The number of hydrogen-bond donors (Lipinski definition) is 0. The van der Waals surface area contributed by atoms with E-state index in [9.17, 15) is 8.78 Å². The Labute approximate surface area is 113 Å². The molecule has 100 valence electrons. The van der Waals surface area contributed by atoms with Gasteiger partial charge in [0.2, 0.25) is 0 Å². The van der Waals surface area contributed by atoms with Crippen LogP contribution in [0.1, 0.15) is 19.4 Å². The van der Waals surface area contributed by atoms with E-state index in [1.54, 1.807) is 13.8 Å². The first-order valence-electron chi connectivity index (χ1n) is 5.23. The molecule has 0 aromatic carbocycles. The molecule has 1 atom stereocenters. The van der Waals surface area contributed by atoms with Gasteiger partial charge < -0.3 is 9.47 Å². The molecule has 0 amide bonds. The van der Waals surface area contributed by atoms with Crippen LogP contribution in [0.4, 0.5) is 8.78 Å². The normalized spacial score (nSPS) is 23.3. The Bertz CT molecular complexity index is 468. The van der Waals surface area contributed by atoms with Crippen molar-refractivity contribution in [3.05, 3.63) is 28.0 Å². The lowest BCUT2D eigenvalue weighted by molar-refractivity contribution is -0.185. The second-order valence-electron chi connectivity index (χ2n) is 4.44. The molecule has 1 aromatic heterocycles. The van der Waals surface area contributed by atoms with Crippen LogP contribution >= 0.6 is 23.2 Å².